The molecule has 2 aliphatic heterocycles. The first kappa shape index (κ1) is 16.1. The molecule has 0 N–H and O–H groups in total. The number of rotatable bonds is 1. The van der Waals surface area contributed by atoms with Crippen LogP contribution in [0.2, 0.25) is 0 Å². The summed E-state index contributed by atoms with van der Waals surface area (Å²) in [5.41, 5.74) is 1.13. The molecule has 1 spiro atoms. The lowest BCUT2D eigenvalue weighted by atomic mass is 9.80. The Morgan fingerprint density at radius 2 is 1.92 bits per heavy atom. The number of fused-ring (bicyclic) bond motifs is 1. The van der Waals surface area contributed by atoms with Crippen LogP contribution in [-0.2, 0) is 4.79 Å². The molecule has 0 bridgehead atoms. The van der Waals surface area contributed by atoms with Crippen LogP contribution in [0.4, 0.5) is 0 Å². The molecule has 1 aromatic heterocycles. The number of hydrogen-bond acceptors (Lipinski definition) is 3. The first-order valence-electron chi connectivity index (χ1n) is 9.01. The van der Waals surface area contributed by atoms with Crippen molar-refractivity contribution < 1.29 is 9.59 Å². The average molecular weight is 337 g/mol. The minimum atomic E-state index is -0.194. The van der Waals surface area contributed by atoms with Gasteiger partial charge in [0, 0.05) is 31.9 Å². The van der Waals surface area contributed by atoms with Gasteiger partial charge in [-0.25, -0.2) is 4.98 Å². The number of likely N-dealkylation sites (N-methyl/N-ethyl adjacent to an activating group) is 1. The third kappa shape index (κ3) is 2.77. The minimum Gasteiger partial charge on any atom is -0.338 e. The number of pyridine rings is 1. The van der Waals surface area contributed by atoms with E-state index < -0.39 is 0 Å². The summed E-state index contributed by atoms with van der Waals surface area (Å²) in [6.45, 7) is 1.35. The molecule has 25 heavy (non-hydrogen) atoms. The van der Waals surface area contributed by atoms with Gasteiger partial charge in [0.05, 0.1) is 11.1 Å². The summed E-state index contributed by atoms with van der Waals surface area (Å²) < 4.78 is 0. The van der Waals surface area contributed by atoms with E-state index >= 15 is 0 Å². The SMILES string of the molecule is CN1C(=O)CCC[C@]12CCCN(C(=O)c1ccc3ccccc3n1)C2. The van der Waals surface area contributed by atoms with Gasteiger partial charge in [-0.2, -0.15) is 0 Å². The fourth-order valence-electron chi connectivity index (χ4n) is 4.28. The number of piperidine rings is 2. The van der Waals surface area contributed by atoms with Gasteiger partial charge >= 0.3 is 0 Å². The van der Waals surface area contributed by atoms with E-state index in [4.69, 9.17) is 0 Å². The topological polar surface area (TPSA) is 53.5 Å². The molecule has 4 rings (SSSR count). The van der Waals surface area contributed by atoms with Crippen molar-refractivity contribution >= 4 is 22.7 Å². The van der Waals surface area contributed by atoms with Gasteiger partial charge in [-0.1, -0.05) is 24.3 Å². The molecule has 5 heteroatoms. The maximum Gasteiger partial charge on any atom is 0.272 e. The van der Waals surface area contributed by atoms with Crippen LogP contribution in [0.25, 0.3) is 10.9 Å². The van der Waals surface area contributed by atoms with E-state index in [9.17, 15) is 9.59 Å². The molecule has 2 aliphatic rings. The van der Waals surface area contributed by atoms with E-state index in [0.717, 1.165) is 43.1 Å². The quantitative estimate of drug-likeness (QED) is 0.804. The molecule has 2 fully saturated rings. The summed E-state index contributed by atoms with van der Waals surface area (Å²) in [6.07, 6.45) is 4.42. The van der Waals surface area contributed by atoms with Crippen LogP contribution in [0, 0.1) is 0 Å². The number of carbonyl (C=O) groups excluding carboxylic acids is 2. The maximum atomic E-state index is 13.0. The Bertz CT molecular complexity index is 831. The van der Waals surface area contributed by atoms with Crippen molar-refractivity contribution in [3.63, 3.8) is 0 Å². The van der Waals surface area contributed by atoms with Gasteiger partial charge in [0.15, 0.2) is 0 Å². The molecule has 0 aliphatic carbocycles. The van der Waals surface area contributed by atoms with Crippen LogP contribution >= 0.6 is 0 Å². The van der Waals surface area contributed by atoms with E-state index in [1.165, 1.54) is 0 Å². The lowest BCUT2D eigenvalue weighted by Crippen LogP contribution is -2.61. The lowest BCUT2D eigenvalue weighted by Gasteiger charge is -2.50. The maximum absolute atomic E-state index is 13.0. The summed E-state index contributed by atoms with van der Waals surface area (Å²) in [6, 6.07) is 11.6. The number of benzene rings is 1. The summed E-state index contributed by atoms with van der Waals surface area (Å²) >= 11 is 0. The second kappa shape index (κ2) is 6.14. The Morgan fingerprint density at radius 1 is 1.12 bits per heavy atom. The highest BCUT2D eigenvalue weighted by molar-refractivity contribution is 5.95. The molecule has 0 unspecified atom stereocenters. The van der Waals surface area contributed by atoms with Crippen LogP contribution in [0.3, 0.4) is 0 Å². The molecule has 0 saturated carbocycles. The van der Waals surface area contributed by atoms with Gasteiger partial charge in [0.25, 0.3) is 5.91 Å². The Labute approximate surface area is 147 Å². The Morgan fingerprint density at radius 3 is 2.80 bits per heavy atom. The van der Waals surface area contributed by atoms with E-state index in [2.05, 4.69) is 4.98 Å². The zero-order valence-corrected chi connectivity index (χ0v) is 14.6. The zero-order chi connectivity index (χ0) is 17.4. The van der Waals surface area contributed by atoms with E-state index in [0.29, 0.717) is 18.7 Å². The molecule has 0 radical (unpaired) electrons. The smallest absolute Gasteiger partial charge is 0.272 e. The van der Waals surface area contributed by atoms with Gasteiger partial charge < -0.3 is 9.80 Å². The second-order valence-corrected chi connectivity index (χ2v) is 7.25. The van der Waals surface area contributed by atoms with Gasteiger partial charge in [-0.3, -0.25) is 9.59 Å². The number of amides is 2. The summed E-state index contributed by atoms with van der Waals surface area (Å²) in [7, 11) is 1.89. The van der Waals surface area contributed by atoms with Crippen LogP contribution in [0.5, 0.6) is 0 Å². The third-order valence-corrected chi connectivity index (χ3v) is 5.78. The molecule has 3 heterocycles. The second-order valence-electron chi connectivity index (χ2n) is 7.25. The van der Waals surface area contributed by atoms with Crippen molar-refractivity contribution in [3.05, 3.63) is 42.1 Å². The molecule has 1 aromatic carbocycles. The van der Waals surface area contributed by atoms with Crippen molar-refractivity contribution in [2.24, 2.45) is 0 Å². The van der Waals surface area contributed by atoms with Crippen molar-refractivity contribution in [1.82, 2.24) is 14.8 Å². The number of hydrogen-bond donors (Lipinski definition) is 0. The number of carbonyl (C=O) groups is 2. The predicted octanol–water partition coefficient (Wildman–Crippen LogP) is 2.85. The molecule has 5 nitrogen and oxygen atoms in total. The minimum absolute atomic E-state index is 0.0312. The van der Waals surface area contributed by atoms with E-state index in [-0.39, 0.29) is 17.4 Å². The lowest BCUT2D eigenvalue weighted by molar-refractivity contribution is -0.142. The number of likely N-dealkylation sites (tertiary alicyclic amines) is 2. The Kier molecular flexibility index (Phi) is 3.94. The fraction of sp³-hybridized carbons (Fsp3) is 0.450. The molecule has 1 atom stereocenters. The molecular weight excluding hydrogens is 314 g/mol. The van der Waals surface area contributed by atoms with E-state index in [1.807, 2.05) is 53.2 Å². The molecule has 130 valence electrons. The normalized spacial score (nSPS) is 24.1. The van der Waals surface area contributed by atoms with Gasteiger partial charge in [0.1, 0.15) is 5.69 Å². The van der Waals surface area contributed by atoms with Crippen LogP contribution in [-0.4, -0.2) is 52.3 Å². The Hall–Kier alpha value is -2.43. The highest BCUT2D eigenvalue weighted by atomic mass is 16.2. The summed E-state index contributed by atoms with van der Waals surface area (Å²) in [4.78, 5) is 33.5. The van der Waals surface area contributed by atoms with E-state index in [1.54, 1.807) is 0 Å². The number of aromatic nitrogens is 1. The zero-order valence-electron chi connectivity index (χ0n) is 14.6. The van der Waals surface area contributed by atoms with Crippen molar-refractivity contribution in [2.45, 2.75) is 37.6 Å². The monoisotopic (exact) mass is 337 g/mol. The standard InChI is InChI=1S/C20H23N3O2/c1-22-18(24)8-4-11-20(22)12-5-13-23(14-20)19(25)17-10-9-15-6-2-3-7-16(15)21-17/h2-3,6-7,9-10H,4-5,8,11-14H2,1H3/t20-/m1/s1. The molecule has 2 amide bonds. The highest BCUT2D eigenvalue weighted by Gasteiger charge is 2.44. The number of para-hydroxylation sites is 1. The summed E-state index contributed by atoms with van der Waals surface area (Å²) in [5.74, 6) is 0.167. The summed E-state index contributed by atoms with van der Waals surface area (Å²) in [5, 5.41) is 1.03. The van der Waals surface area contributed by atoms with Crippen LogP contribution in [0.1, 0.15) is 42.6 Å². The fourth-order valence-corrected chi connectivity index (χ4v) is 4.28. The van der Waals surface area contributed by atoms with Crippen molar-refractivity contribution in [3.8, 4) is 0 Å². The first-order chi connectivity index (χ1) is 12.1. The predicted molar refractivity (Wildman–Crippen MR) is 96.2 cm³/mol. The largest absolute Gasteiger partial charge is 0.338 e. The van der Waals surface area contributed by atoms with Gasteiger partial charge in [-0.05, 0) is 37.8 Å². The van der Waals surface area contributed by atoms with Gasteiger partial charge in [-0.15, -0.1) is 0 Å². The van der Waals surface area contributed by atoms with Crippen molar-refractivity contribution in [1.29, 1.82) is 0 Å². The molecular formula is C20H23N3O2. The third-order valence-electron chi connectivity index (χ3n) is 5.78. The highest BCUT2D eigenvalue weighted by Crippen LogP contribution is 2.36. The Balaban J connectivity index is 1.59. The molecule has 2 saturated heterocycles. The van der Waals surface area contributed by atoms with Crippen LogP contribution in [0.15, 0.2) is 36.4 Å². The van der Waals surface area contributed by atoms with Gasteiger partial charge in [0.2, 0.25) is 5.91 Å². The number of nitrogens with zero attached hydrogens (tertiary/aromatic N) is 3. The first-order valence-corrected chi connectivity index (χ1v) is 9.01. The molecule has 2 aromatic rings. The average Bonchev–Trinajstić information content (AvgIpc) is 2.65. The van der Waals surface area contributed by atoms with Crippen LogP contribution < -0.4 is 0 Å². The van der Waals surface area contributed by atoms with Crippen molar-refractivity contribution in [2.75, 3.05) is 20.1 Å².